The first-order valence-electron chi connectivity index (χ1n) is 3.11. The second-order valence-corrected chi connectivity index (χ2v) is 2.42. The van der Waals surface area contributed by atoms with Gasteiger partial charge in [-0.25, -0.2) is 0 Å². The van der Waals surface area contributed by atoms with E-state index in [-0.39, 0.29) is 40.4 Å². The molecule has 0 atom stereocenters. The molecule has 0 saturated carbocycles. The Morgan fingerprint density at radius 3 is 1.40 bits per heavy atom. The molecule has 9 heteroatoms. The summed E-state index contributed by atoms with van der Waals surface area (Å²) in [7, 11) is 0. The summed E-state index contributed by atoms with van der Waals surface area (Å²) in [5.41, 5.74) is -2.97. The predicted molar refractivity (Wildman–Crippen MR) is 40.7 cm³/mol. The Morgan fingerprint density at radius 2 is 1.27 bits per heavy atom. The van der Waals surface area contributed by atoms with Gasteiger partial charge in [-0.3, -0.25) is 0 Å². The van der Waals surface area contributed by atoms with Crippen LogP contribution in [0.25, 0.3) is 0 Å². The molecule has 0 spiro atoms. The van der Waals surface area contributed by atoms with Gasteiger partial charge < -0.3 is 34.8 Å². The zero-order chi connectivity index (χ0) is 10.6. The van der Waals surface area contributed by atoms with E-state index in [4.69, 9.17) is 5.11 Å². The zero-order valence-corrected chi connectivity index (χ0v) is 10.2. The maximum absolute atomic E-state index is 10.1. The summed E-state index contributed by atoms with van der Waals surface area (Å²) in [6, 6.07) is 0. The van der Waals surface area contributed by atoms with Crippen LogP contribution in [0.5, 0.6) is 0 Å². The van der Waals surface area contributed by atoms with Crippen molar-refractivity contribution >= 4 is 58.3 Å². The SMILES string of the molecule is O=C([O-])CC(O)(CC(=O)[O-])C(=O)[O-].[Al+3].[Mg+2]. The molecule has 74 valence electrons. The largest absolute Gasteiger partial charge is 3.00 e. The van der Waals surface area contributed by atoms with Crippen molar-refractivity contribution in [1.29, 1.82) is 0 Å². The first-order valence-corrected chi connectivity index (χ1v) is 3.11. The number of aliphatic carboxylic acids is 3. The number of carbonyl (C=O) groups is 3. The van der Waals surface area contributed by atoms with Gasteiger partial charge in [0.25, 0.3) is 0 Å². The van der Waals surface area contributed by atoms with Crippen molar-refractivity contribution < 1.29 is 34.8 Å². The molecule has 0 rings (SSSR count). The summed E-state index contributed by atoms with van der Waals surface area (Å²) in [4.78, 5) is 30.0. The van der Waals surface area contributed by atoms with Crippen LogP contribution in [0.4, 0.5) is 0 Å². The molecule has 0 radical (unpaired) electrons. The molecule has 0 amide bonds. The molecule has 0 aromatic rings. The topological polar surface area (TPSA) is 141 Å². The van der Waals surface area contributed by atoms with Crippen molar-refractivity contribution in [3.05, 3.63) is 0 Å². The summed E-state index contributed by atoms with van der Waals surface area (Å²) in [5, 5.41) is 38.9. The molecule has 0 aliphatic rings. The maximum atomic E-state index is 10.1. The van der Waals surface area contributed by atoms with Crippen molar-refractivity contribution in [3.8, 4) is 0 Å². The van der Waals surface area contributed by atoms with Gasteiger partial charge in [-0.15, -0.1) is 0 Å². The van der Waals surface area contributed by atoms with E-state index in [0.29, 0.717) is 0 Å². The minimum absolute atomic E-state index is 0. The third-order valence-electron chi connectivity index (χ3n) is 1.25. The number of aliphatic hydroxyl groups is 1. The first kappa shape index (κ1) is 20.1. The monoisotopic (exact) mass is 240 g/mol. The second-order valence-electron chi connectivity index (χ2n) is 2.42. The quantitative estimate of drug-likeness (QED) is 0.471. The first-order chi connectivity index (χ1) is 5.78. The van der Waals surface area contributed by atoms with Crippen molar-refractivity contribution in [2.24, 2.45) is 0 Å². The Hall–Kier alpha value is -0.331. The summed E-state index contributed by atoms with van der Waals surface area (Å²) >= 11 is 0. The van der Waals surface area contributed by atoms with Crippen LogP contribution in [0.1, 0.15) is 12.8 Å². The Bertz CT molecular complexity index is 238. The number of carbonyl (C=O) groups excluding carboxylic acids is 3. The van der Waals surface area contributed by atoms with Gasteiger partial charge in [-0.05, 0) is 0 Å². The molecule has 0 aromatic carbocycles. The molecule has 0 aliphatic carbocycles. The number of hydrogen-bond acceptors (Lipinski definition) is 7. The van der Waals surface area contributed by atoms with E-state index in [2.05, 4.69) is 0 Å². The molecule has 0 unspecified atom stereocenters. The van der Waals surface area contributed by atoms with E-state index < -0.39 is 36.4 Å². The van der Waals surface area contributed by atoms with E-state index in [0.717, 1.165) is 0 Å². The van der Waals surface area contributed by atoms with Crippen LogP contribution in [0.3, 0.4) is 0 Å². The van der Waals surface area contributed by atoms with Crippen molar-refractivity contribution in [2.75, 3.05) is 0 Å². The van der Waals surface area contributed by atoms with Crippen molar-refractivity contribution in [1.82, 2.24) is 0 Å². The maximum Gasteiger partial charge on any atom is 3.00 e. The molecule has 0 fully saturated rings. The van der Waals surface area contributed by atoms with Crippen LogP contribution in [0, 0.1) is 0 Å². The summed E-state index contributed by atoms with van der Waals surface area (Å²) < 4.78 is 0. The summed E-state index contributed by atoms with van der Waals surface area (Å²) in [6.45, 7) is 0. The smallest absolute Gasteiger partial charge is 0.550 e. The van der Waals surface area contributed by atoms with E-state index in [1.807, 2.05) is 0 Å². The molecule has 0 heterocycles. The zero-order valence-electron chi connectivity index (χ0n) is 7.60. The molecular weight excluding hydrogens is 235 g/mol. The number of hydrogen-bond donors (Lipinski definition) is 1. The average Bonchev–Trinajstić information content (AvgIpc) is 1.82. The van der Waals surface area contributed by atoms with Gasteiger partial charge in [0.1, 0.15) is 5.60 Å². The van der Waals surface area contributed by atoms with Gasteiger partial charge in [0.15, 0.2) is 0 Å². The summed E-state index contributed by atoms with van der Waals surface area (Å²) in [6.07, 6.45) is -2.72. The second kappa shape index (κ2) is 7.90. The van der Waals surface area contributed by atoms with Crippen molar-refractivity contribution in [3.63, 3.8) is 0 Å². The molecule has 7 nitrogen and oxygen atoms in total. The average molecular weight is 240 g/mol. The van der Waals surface area contributed by atoms with E-state index in [1.165, 1.54) is 0 Å². The molecule has 0 bridgehead atoms. The van der Waals surface area contributed by atoms with Crippen LogP contribution < -0.4 is 15.3 Å². The number of carboxylic acids is 3. The van der Waals surface area contributed by atoms with Crippen LogP contribution in [0.15, 0.2) is 0 Å². The number of rotatable bonds is 5. The summed E-state index contributed by atoms with van der Waals surface area (Å²) in [5.74, 6) is -5.98. The van der Waals surface area contributed by atoms with Crippen LogP contribution in [-0.2, 0) is 14.4 Å². The third kappa shape index (κ3) is 7.58. The molecule has 0 aliphatic heterocycles. The number of carboxylic acid groups (broad SMARTS) is 3. The minimum atomic E-state index is -2.97. The Kier molecular flexibility index (Phi) is 10.6. The standard InChI is InChI=1S/C6H8O7.Al.Mg/c7-3(8)1-6(13,5(11)12)2-4(9)10;;/h13H,1-2H2,(H,7,8)(H,9,10)(H,11,12);;/q;+3;+2/p-3. The minimum Gasteiger partial charge on any atom is -0.550 e. The van der Waals surface area contributed by atoms with Crippen LogP contribution in [0.2, 0.25) is 0 Å². The Balaban J connectivity index is -0.000000720. The van der Waals surface area contributed by atoms with Crippen LogP contribution in [-0.4, -0.2) is 69.0 Å². The Morgan fingerprint density at radius 1 is 1.00 bits per heavy atom. The van der Waals surface area contributed by atoms with E-state index in [1.54, 1.807) is 0 Å². The predicted octanol–water partition coefficient (Wildman–Crippen LogP) is -6.01. The van der Waals surface area contributed by atoms with E-state index in [9.17, 15) is 29.7 Å². The van der Waals surface area contributed by atoms with Gasteiger partial charge >= 0.3 is 40.4 Å². The molecule has 0 saturated heterocycles. The van der Waals surface area contributed by atoms with E-state index >= 15 is 0 Å². The molecule has 1 N–H and O–H groups in total. The fourth-order valence-corrected chi connectivity index (χ4v) is 0.684. The fourth-order valence-electron chi connectivity index (χ4n) is 0.684. The third-order valence-corrected chi connectivity index (χ3v) is 1.25. The molecular formula is C6H5AlMgO7+2. The van der Waals surface area contributed by atoms with Gasteiger partial charge in [0.05, 0.1) is 5.97 Å². The van der Waals surface area contributed by atoms with Gasteiger partial charge in [-0.2, -0.15) is 0 Å². The molecule has 0 aromatic heterocycles. The molecule has 15 heavy (non-hydrogen) atoms. The normalized spacial score (nSPS) is 9.40. The van der Waals surface area contributed by atoms with Crippen molar-refractivity contribution in [2.45, 2.75) is 18.4 Å². The van der Waals surface area contributed by atoms with Crippen LogP contribution >= 0.6 is 0 Å². The Labute approximate surface area is 111 Å². The fraction of sp³-hybridized carbons (Fsp3) is 0.500. The van der Waals surface area contributed by atoms with Gasteiger partial charge in [-0.1, -0.05) is 0 Å². The van der Waals surface area contributed by atoms with Gasteiger partial charge in [0.2, 0.25) is 0 Å². The van der Waals surface area contributed by atoms with Gasteiger partial charge in [0, 0.05) is 24.8 Å².